The van der Waals surface area contributed by atoms with E-state index in [9.17, 15) is 4.79 Å². The zero-order valence-electron chi connectivity index (χ0n) is 10.9. The van der Waals surface area contributed by atoms with Crippen LogP contribution in [0.4, 0.5) is 0 Å². The third-order valence-electron chi connectivity index (χ3n) is 3.92. The summed E-state index contributed by atoms with van der Waals surface area (Å²) in [7, 11) is 0. The summed E-state index contributed by atoms with van der Waals surface area (Å²) < 4.78 is 1.13. The topological polar surface area (TPSA) is 37.3 Å². The first kappa shape index (κ1) is 14.3. The van der Waals surface area contributed by atoms with Gasteiger partial charge in [0.05, 0.1) is 0 Å². The van der Waals surface area contributed by atoms with Crippen LogP contribution in [-0.2, 0) is 4.79 Å². The van der Waals surface area contributed by atoms with Gasteiger partial charge in [0.1, 0.15) is 0 Å². The fraction of sp³-hybridized carbons (Fsp3) is 0.438. The molecule has 1 aromatic rings. The third kappa shape index (κ3) is 4.50. The summed E-state index contributed by atoms with van der Waals surface area (Å²) >= 11 is 3.46. The molecule has 0 amide bonds. The fourth-order valence-corrected chi connectivity index (χ4v) is 3.09. The van der Waals surface area contributed by atoms with Crippen molar-refractivity contribution in [2.75, 3.05) is 0 Å². The van der Waals surface area contributed by atoms with E-state index in [1.54, 1.807) is 6.08 Å². The average Bonchev–Trinajstić information content (AvgIpc) is 2.40. The van der Waals surface area contributed by atoms with Gasteiger partial charge in [-0.2, -0.15) is 0 Å². The maximum absolute atomic E-state index is 10.4. The molecule has 0 heterocycles. The van der Waals surface area contributed by atoms with Crippen molar-refractivity contribution in [2.24, 2.45) is 5.92 Å². The molecule has 0 radical (unpaired) electrons. The van der Waals surface area contributed by atoms with Gasteiger partial charge < -0.3 is 5.11 Å². The Morgan fingerprint density at radius 1 is 1.21 bits per heavy atom. The molecular weight excluding hydrogens is 304 g/mol. The predicted molar refractivity (Wildman–Crippen MR) is 80.2 cm³/mol. The van der Waals surface area contributed by atoms with Gasteiger partial charge >= 0.3 is 5.97 Å². The van der Waals surface area contributed by atoms with Gasteiger partial charge in [-0.3, -0.25) is 0 Å². The molecule has 0 aliphatic heterocycles. The highest BCUT2D eigenvalue weighted by atomic mass is 79.9. The number of allylic oxidation sites excluding steroid dienone is 1. The summed E-state index contributed by atoms with van der Waals surface area (Å²) in [6.07, 6.45) is 8.79. The Labute approximate surface area is 122 Å². The molecule has 1 aliphatic carbocycles. The van der Waals surface area contributed by atoms with Gasteiger partial charge in [0.25, 0.3) is 0 Å². The molecule has 1 aromatic carbocycles. The van der Waals surface area contributed by atoms with Gasteiger partial charge in [0.2, 0.25) is 0 Å². The smallest absolute Gasteiger partial charge is 0.327 e. The van der Waals surface area contributed by atoms with Crippen LogP contribution in [0.1, 0.15) is 43.6 Å². The Morgan fingerprint density at radius 2 is 1.84 bits per heavy atom. The van der Waals surface area contributed by atoms with Crippen molar-refractivity contribution in [3.8, 4) is 0 Å². The molecule has 0 spiro atoms. The minimum Gasteiger partial charge on any atom is -0.478 e. The van der Waals surface area contributed by atoms with Crippen LogP contribution in [0.25, 0.3) is 0 Å². The van der Waals surface area contributed by atoms with Crippen molar-refractivity contribution < 1.29 is 9.90 Å². The molecule has 3 heteroatoms. The molecule has 2 rings (SSSR count). The Morgan fingerprint density at radius 3 is 2.42 bits per heavy atom. The second-order valence-electron chi connectivity index (χ2n) is 5.25. The highest BCUT2D eigenvalue weighted by Gasteiger charge is 2.21. The molecule has 1 aliphatic rings. The highest BCUT2D eigenvalue weighted by Crippen LogP contribution is 2.37. The van der Waals surface area contributed by atoms with Gasteiger partial charge in [0, 0.05) is 10.5 Å². The van der Waals surface area contributed by atoms with Crippen molar-refractivity contribution in [1.29, 1.82) is 0 Å². The van der Waals surface area contributed by atoms with Gasteiger partial charge in [-0.1, -0.05) is 34.1 Å². The van der Waals surface area contributed by atoms with Crippen LogP contribution in [0.15, 0.2) is 40.9 Å². The zero-order valence-corrected chi connectivity index (χ0v) is 12.5. The maximum Gasteiger partial charge on any atom is 0.327 e. The first-order valence-corrected chi connectivity index (χ1v) is 7.59. The number of rotatable bonds is 4. The number of hydrogen-bond acceptors (Lipinski definition) is 1. The minimum absolute atomic E-state index is 0.655. The van der Waals surface area contributed by atoms with E-state index >= 15 is 0 Å². The molecule has 1 fully saturated rings. The third-order valence-corrected chi connectivity index (χ3v) is 4.45. The van der Waals surface area contributed by atoms with E-state index in [1.807, 2.05) is 0 Å². The molecule has 19 heavy (non-hydrogen) atoms. The van der Waals surface area contributed by atoms with Crippen LogP contribution in [0.2, 0.25) is 0 Å². The fourth-order valence-electron chi connectivity index (χ4n) is 2.83. The lowest BCUT2D eigenvalue weighted by Gasteiger charge is -2.28. The number of carboxylic acids is 1. The largest absolute Gasteiger partial charge is 0.478 e. The monoisotopic (exact) mass is 322 g/mol. The van der Waals surface area contributed by atoms with Crippen molar-refractivity contribution >= 4 is 21.9 Å². The summed E-state index contributed by atoms with van der Waals surface area (Å²) in [6, 6.07) is 8.63. The van der Waals surface area contributed by atoms with E-state index in [0.717, 1.165) is 10.9 Å². The summed E-state index contributed by atoms with van der Waals surface area (Å²) in [5.74, 6) is 0.485. The van der Waals surface area contributed by atoms with E-state index in [4.69, 9.17) is 5.11 Å². The van der Waals surface area contributed by atoms with Gasteiger partial charge in [-0.25, -0.2) is 4.79 Å². The lowest BCUT2D eigenvalue weighted by Crippen LogP contribution is -2.12. The summed E-state index contributed by atoms with van der Waals surface area (Å²) in [6.45, 7) is 0. The number of hydrogen-bond donors (Lipinski definition) is 1. The van der Waals surface area contributed by atoms with Crippen LogP contribution < -0.4 is 0 Å². The maximum atomic E-state index is 10.4. The van der Waals surface area contributed by atoms with Crippen molar-refractivity contribution in [2.45, 2.75) is 38.0 Å². The van der Waals surface area contributed by atoms with E-state index < -0.39 is 5.97 Å². The first-order chi connectivity index (χ1) is 9.15. The Hall–Kier alpha value is -1.09. The van der Waals surface area contributed by atoms with Crippen molar-refractivity contribution in [3.05, 3.63) is 46.5 Å². The molecule has 0 saturated heterocycles. The van der Waals surface area contributed by atoms with Crippen LogP contribution >= 0.6 is 15.9 Å². The second kappa shape index (κ2) is 6.90. The van der Waals surface area contributed by atoms with Crippen molar-refractivity contribution in [1.82, 2.24) is 0 Å². The van der Waals surface area contributed by atoms with Crippen LogP contribution in [-0.4, -0.2) is 11.1 Å². The van der Waals surface area contributed by atoms with E-state index in [-0.39, 0.29) is 0 Å². The highest BCUT2D eigenvalue weighted by molar-refractivity contribution is 9.10. The molecule has 1 saturated carbocycles. The number of aliphatic carboxylic acids is 1. The Bertz CT molecular complexity index is 442. The van der Waals surface area contributed by atoms with Crippen LogP contribution in [0.3, 0.4) is 0 Å². The average molecular weight is 323 g/mol. The van der Waals surface area contributed by atoms with Gasteiger partial charge in [-0.15, -0.1) is 0 Å². The summed E-state index contributed by atoms with van der Waals surface area (Å²) in [5.41, 5.74) is 1.43. The molecule has 0 unspecified atom stereocenters. The summed E-state index contributed by atoms with van der Waals surface area (Å²) in [4.78, 5) is 10.4. The van der Waals surface area contributed by atoms with E-state index in [0.29, 0.717) is 11.8 Å². The lowest BCUT2D eigenvalue weighted by atomic mass is 9.77. The summed E-state index contributed by atoms with van der Waals surface area (Å²) in [5, 5.41) is 8.57. The molecule has 0 atom stereocenters. The Balaban J connectivity index is 1.82. The number of carboxylic acid groups (broad SMARTS) is 1. The SMILES string of the molecule is O=C(O)/C=C/CC1CCC(c2ccc(Br)cc2)CC1. The van der Waals surface area contributed by atoms with Crippen LogP contribution in [0, 0.1) is 5.92 Å². The lowest BCUT2D eigenvalue weighted by molar-refractivity contribution is -0.131. The minimum atomic E-state index is -0.844. The van der Waals surface area contributed by atoms with E-state index in [1.165, 1.54) is 37.3 Å². The molecular formula is C16H19BrO2. The van der Waals surface area contributed by atoms with Gasteiger partial charge in [-0.05, 0) is 61.6 Å². The Kier molecular flexibility index (Phi) is 5.20. The molecule has 0 aromatic heterocycles. The normalized spacial score (nSPS) is 23.6. The molecule has 2 nitrogen and oxygen atoms in total. The molecule has 0 bridgehead atoms. The van der Waals surface area contributed by atoms with Gasteiger partial charge in [0.15, 0.2) is 0 Å². The number of halogens is 1. The second-order valence-corrected chi connectivity index (χ2v) is 6.16. The van der Waals surface area contributed by atoms with E-state index in [2.05, 4.69) is 40.2 Å². The van der Waals surface area contributed by atoms with Crippen molar-refractivity contribution in [3.63, 3.8) is 0 Å². The number of carbonyl (C=O) groups is 1. The van der Waals surface area contributed by atoms with Crippen LogP contribution in [0.5, 0.6) is 0 Å². The number of benzene rings is 1. The standard InChI is InChI=1S/C16H19BrO2/c17-15-10-8-14(9-11-15)13-6-4-12(5-7-13)2-1-3-16(18)19/h1,3,8-13H,2,4-7H2,(H,18,19)/b3-1+. The predicted octanol–water partition coefficient (Wildman–Crippen LogP) is 4.75. The quantitative estimate of drug-likeness (QED) is 0.812. The first-order valence-electron chi connectivity index (χ1n) is 6.80. The molecule has 102 valence electrons. The molecule has 1 N–H and O–H groups in total. The zero-order chi connectivity index (χ0) is 13.7.